The summed E-state index contributed by atoms with van der Waals surface area (Å²) in [6, 6.07) is 5.12. The van der Waals surface area contributed by atoms with Crippen LogP contribution in [0.1, 0.15) is 25.3 Å². The van der Waals surface area contributed by atoms with Crippen molar-refractivity contribution in [3.63, 3.8) is 0 Å². The highest BCUT2D eigenvalue weighted by atomic mass is 35.5. The van der Waals surface area contributed by atoms with E-state index in [1.165, 1.54) is 11.3 Å². The number of amides is 2. The van der Waals surface area contributed by atoms with Gasteiger partial charge in [-0.2, -0.15) is 0 Å². The molecule has 0 unspecified atom stereocenters. The number of nitrogens with zero attached hydrogens (tertiary/aromatic N) is 2. The Morgan fingerprint density at radius 3 is 2.93 bits per heavy atom. The van der Waals surface area contributed by atoms with Crippen LogP contribution in [0.2, 0.25) is 5.02 Å². The fourth-order valence-corrected chi connectivity index (χ4v) is 3.92. The van der Waals surface area contributed by atoms with Crippen molar-refractivity contribution in [2.45, 2.75) is 32.7 Å². The Kier molecular flexibility index (Phi) is 6.46. The minimum atomic E-state index is -0.334. The SMILES string of the molecule is Cc1c(Cl)cccc1NC(=O)[C@@H](C)N1CCC[C@H](C(=O)Nc2nccs2)C1. The Bertz CT molecular complexity index is 812. The molecule has 3 rings (SSSR count). The molecule has 2 aromatic rings. The second kappa shape index (κ2) is 8.82. The van der Waals surface area contributed by atoms with Gasteiger partial charge in [0.15, 0.2) is 5.13 Å². The van der Waals surface area contributed by atoms with Crippen LogP contribution in [0.4, 0.5) is 10.8 Å². The number of hydrogen-bond acceptors (Lipinski definition) is 5. The maximum absolute atomic E-state index is 12.7. The molecule has 2 heterocycles. The molecule has 0 aliphatic carbocycles. The van der Waals surface area contributed by atoms with Gasteiger partial charge >= 0.3 is 0 Å². The normalized spacial score (nSPS) is 18.7. The van der Waals surface area contributed by atoms with Gasteiger partial charge in [0.2, 0.25) is 11.8 Å². The van der Waals surface area contributed by atoms with Crippen LogP contribution in [-0.2, 0) is 9.59 Å². The summed E-state index contributed by atoms with van der Waals surface area (Å²) in [7, 11) is 0. The summed E-state index contributed by atoms with van der Waals surface area (Å²) in [4.78, 5) is 31.3. The first kappa shape index (κ1) is 19.8. The van der Waals surface area contributed by atoms with E-state index in [1.807, 2.05) is 31.4 Å². The number of piperidine rings is 1. The monoisotopic (exact) mass is 406 g/mol. The van der Waals surface area contributed by atoms with Crippen LogP contribution in [0.5, 0.6) is 0 Å². The van der Waals surface area contributed by atoms with E-state index in [0.29, 0.717) is 16.7 Å². The number of anilines is 2. The van der Waals surface area contributed by atoms with Crippen LogP contribution in [-0.4, -0.2) is 40.8 Å². The predicted molar refractivity (Wildman–Crippen MR) is 109 cm³/mol. The lowest BCUT2D eigenvalue weighted by Crippen LogP contribution is -2.49. The quantitative estimate of drug-likeness (QED) is 0.792. The molecule has 1 saturated heterocycles. The molecule has 27 heavy (non-hydrogen) atoms. The van der Waals surface area contributed by atoms with Gasteiger partial charge in [0.25, 0.3) is 0 Å². The summed E-state index contributed by atoms with van der Waals surface area (Å²) >= 11 is 7.53. The smallest absolute Gasteiger partial charge is 0.241 e. The third-order valence-electron chi connectivity index (χ3n) is 4.94. The molecule has 0 saturated carbocycles. The van der Waals surface area contributed by atoms with Gasteiger partial charge in [0, 0.05) is 28.8 Å². The van der Waals surface area contributed by atoms with Gasteiger partial charge in [0.1, 0.15) is 0 Å². The molecule has 0 radical (unpaired) electrons. The standard InChI is InChI=1S/C19H23ClN4O2S/c1-12-15(20)6-3-7-16(12)22-17(25)13(2)24-9-4-5-14(11-24)18(26)23-19-21-8-10-27-19/h3,6-8,10,13-14H,4-5,9,11H2,1-2H3,(H,22,25)(H,21,23,26)/t13-,14+/m1/s1. The van der Waals surface area contributed by atoms with Crippen LogP contribution in [0.3, 0.4) is 0 Å². The molecule has 2 atom stereocenters. The summed E-state index contributed by atoms with van der Waals surface area (Å²) in [5.74, 6) is -0.278. The minimum absolute atomic E-state index is 0.0343. The summed E-state index contributed by atoms with van der Waals surface area (Å²) in [5, 5.41) is 8.87. The highest BCUT2D eigenvalue weighted by Gasteiger charge is 2.31. The number of aromatic nitrogens is 1. The number of rotatable bonds is 5. The molecule has 1 aliphatic rings. The number of hydrogen-bond donors (Lipinski definition) is 2. The summed E-state index contributed by atoms with van der Waals surface area (Å²) in [6.07, 6.45) is 3.36. The molecule has 144 valence electrons. The molecule has 2 amide bonds. The van der Waals surface area contributed by atoms with Crippen molar-refractivity contribution >= 4 is 45.6 Å². The molecule has 0 spiro atoms. The summed E-state index contributed by atoms with van der Waals surface area (Å²) < 4.78 is 0. The van der Waals surface area contributed by atoms with Crippen molar-refractivity contribution in [1.82, 2.24) is 9.88 Å². The van der Waals surface area contributed by atoms with Crippen molar-refractivity contribution in [1.29, 1.82) is 0 Å². The van der Waals surface area contributed by atoms with Crippen LogP contribution < -0.4 is 10.6 Å². The Morgan fingerprint density at radius 1 is 1.37 bits per heavy atom. The third-order valence-corrected chi connectivity index (χ3v) is 6.04. The zero-order chi connectivity index (χ0) is 19.4. The van der Waals surface area contributed by atoms with E-state index in [0.717, 1.165) is 30.6 Å². The second-order valence-electron chi connectivity index (χ2n) is 6.74. The fraction of sp³-hybridized carbons (Fsp3) is 0.421. The number of likely N-dealkylation sites (tertiary alicyclic amines) is 1. The van der Waals surface area contributed by atoms with E-state index >= 15 is 0 Å². The summed E-state index contributed by atoms with van der Waals surface area (Å²) in [6.45, 7) is 5.10. The van der Waals surface area contributed by atoms with Crippen LogP contribution in [0.25, 0.3) is 0 Å². The molecular weight excluding hydrogens is 384 g/mol. The zero-order valence-electron chi connectivity index (χ0n) is 15.4. The minimum Gasteiger partial charge on any atom is -0.324 e. The molecular formula is C19H23ClN4O2S. The number of benzene rings is 1. The maximum atomic E-state index is 12.7. The molecule has 8 heteroatoms. The number of carbonyl (C=O) groups is 2. The van der Waals surface area contributed by atoms with E-state index in [9.17, 15) is 9.59 Å². The highest BCUT2D eigenvalue weighted by Crippen LogP contribution is 2.25. The molecule has 6 nitrogen and oxygen atoms in total. The first-order valence-corrected chi connectivity index (χ1v) is 10.2. The molecule has 1 fully saturated rings. The molecule has 1 aliphatic heterocycles. The van der Waals surface area contributed by atoms with E-state index in [2.05, 4.69) is 20.5 Å². The average molecular weight is 407 g/mol. The molecule has 1 aromatic heterocycles. The van der Waals surface area contributed by atoms with Gasteiger partial charge in [-0.05, 0) is 50.9 Å². The van der Waals surface area contributed by atoms with E-state index in [1.54, 1.807) is 12.3 Å². The number of nitrogens with one attached hydrogen (secondary N) is 2. The van der Waals surface area contributed by atoms with Crippen LogP contribution in [0.15, 0.2) is 29.8 Å². The fourth-order valence-electron chi connectivity index (χ4n) is 3.21. The van der Waals surface area contributed by atoms with Crippen molar-refractivity contribution in [3.8, 4) is 0 Å². The van der Waals surface area contributed by atoms with Crippen molar-refractivity contribution in [3.05, 3.63) is 40.4 Å². The lowest BCUT2D eigenvalue weighted by Gasteiger charge is -2.35. The van der Waals surface area contributed by atoms with Gasteiger partial charge < -0.3 is 10.6 Å². The lowest BCUT2D eigenvalue weighted by atomic mass is 9.96. The van der Waals surface area contributed by atoms with Crippen LogP contribution in [0, 0.1) is 12.8 Å². The predicted octanol–water partition coefficient (Wildman–Crippen LogP) is 3.78. The van der Waals surface area contributed by atoms with Crippen molar-refractivity contribution in [2.75, 3.05) is 23.7 Å². The first-order valence-electron chi connectivity index (χ1n) is 8.96. The lowest BCUT2D eigenvalue weighted by molar-refractivity contribution is -0.125. The average Bonchev–Trinajstić information content (AvgIpc) is 3.18. The Labute approximate surface area is 167 Å². The zero-order valence-corrected chi connectivity index (χ0v) is 16.9. The van der Waals surface area contributed by atoms with Crippen LogP contribution >= 0.6 is 22.9 Å². The Morgan fingerprint density at radius 2 is 2.19 bits per heavy atom. The van der Waals surface area contributed by atoms with Crippen molar-refractivity contribution in [2.24, 2.45) is 5.92 Å². The van der Waals surface area contributed by atoms with E-state index in [4.69, 9.17) is 11.6 Å². The number of thiazole rings is 1. The van der Waals surface area contributed by atoms with Crippen molar-refractivity contribution < 1.29 is 9.59 Å². The Balaban J connectivity index is 1.60. The third kappa shape index (κ3) is 4.86. The van der Waals surface area contributed by atoms with Gasteiger partial charge in [-0.15, -0.1) is 11.3 Å². The van der Waals surface area contributed by atoms with E-state index in [-0.39, 0.29) is 23.8 Å². The molecule has 0 bridgehead atoms. The second-order valence-corrected chi connectivity index (χ2v) is 8.04. The highest BCUT2D eigenvalue weighted by molar-refractivity contribution is 7.13. The number of halogens is 1. The number of carbonyl (C=O) groups excluding carboxylic acids is 2. The first-order chi connectivity index (χ1) is 13.0. The summed E-state index contributed by atoms with van der Waals surface area (Å²) in [5.41, 5.74) is 1.56. The topological polar surface area (TPSA) is 74.3 Å². The van der Waals surface area contributed by atoms with Gasteiger partial charge in [-0.3, -0.25) is 14.5 Å². The molecule has 2 N–H and O–H groups in total. The van der Waals surface area contributed by atoms with Gasteiger partial charge in [0.05, 0.1) is 12.0 Å². The van der Waals surface area contributed by atoms with Gasteiger partial charge in [-0.25, -0.2) is 4.98 Å². The molecule has 1 aromatic carbocycles. The van der Waals surface area contributed by atoms with E-state index < -0.39 is 0 Å². The maximum Gasteiger partial charge on any atom is 0.241 e. The van der Waals surface area contributed by atoms with Gasteiger partial charge in [-0.1, -0.05) is 17.7 Å². The largest absolute Gasteiger partial charge is 0.324 e. The Hall–Kier alpha value is -1.96.